The third-order valence-electron chi connectivity index (χ3n) is 5.12. The number of halogens is 3. The Kier molecular flexibility index (Phi) is 3.28. The number of primary amides is 1. The van der Waals surface area contributed by atoms with E-state index in [0.29, 0.717) is 24.6 Å². The van der Waals surface area contributed by atoms with Crippen LogP contribution in [0.25, 0.3) is 0 Å². The molecule has 0 bridgehead atoms. The van der Waals surface area contributed by atoms with E-state index in [-0.39, 0.29) is 16.9 Å². The number of carbonyl (C=O) groups is 1. The summed E-state index contributed by atoms with van der Waals surface area (Å²) in [5, 5.41) is 0. The molecule has 25 heavy (non-hydrogen) atoms. The van der Waals surface area contributed by atoms with E-state index in [2.05, 4.69) is 9.97 Å². The molecule has 1 aliphatic carbocycles. The van der Waals surface area contributed by atoms with Gasteiger partial charge in [-0.3, -0.25) is 4.79 Å². The van der Waals surface area contributed by atoms with Crippen molar-refractivity contribution in [1.82, 2.24) is 9.97 Å². The Balaban J connectivity index is 1.57. The van der Waals surface area contributed by atoms with Gasteiger partial charge in [0.1, 0.15) is 0 Å². The van der Waals surface area contributed by atoms with Crippen molar-refractivity contribution in [3.8, 4) is 0 Å². The number of amides is 1. The fourth-order valence-electron chi connectivity index (χ4n) is 3.70. The van der Waals surface area contributed by atoms with Crippen LogP contribution in [0.15, 0.2) is 36.7 Å². The number of fused-ring (bicyclic) bond motifs is 1. The SMILES string of the molecule is NC(=O)c1cnc(N2C[C@H]3C[C@@]3(c3cccc(C(F)(F)F)c3)C2)nc1. The highest BCUT2D eigenvalue weighted by Crippen LogP contribution is 2.59. The summed E-state index contributed by atoms with van der Waals surface area (Å²) in [5.74, 6) is 0.148. The average molecular weight is 348 g/mol. The summed E-state index contributed by atoms with van der Waals surface area (Å²) < 4.78 is 38.9. The number of anilines is 1. The van der Waals surface area contributed by atoms with Gasteiger partial charge in [-0.25, -0.2) is 9.97 Å². The Morgan fingerprint density at radius 3 is 2.64 bits per heavy atom. The molecule has 1 saturated heterocycles. The van der Waals surface area contributed by atoms with Crippen LogP contribution in [0.5, 0.6) is 0 Å². The lowest BCUT2D eigenvalue weighted by atomic mass is 9.93. The lowest BCUT2D eigenvalue weighted by Crippen LogP contribution is -2.28. The summed E-state index contributed by atoms with van der Waals surface area (Å²) in [5.41, 5.74) is 5.21. The number of carbonyl (C=O) groups excluding carboxylic acids is 1. The van der Waals surface area contributed by atoms with Gasteiger partial charge in [0, 0.05) is 30.9 Å². The lowest BCUT2D eigenvalue weighted by Gasteiger charge is -2.21. The molecular formula is C17H15F3N4O. The Morgan fingerprint density at radius 1 is 1.28 bits per heavy atom. The van der Waals surface area contributed by atoms with Crippen LogP contribution in [-0.4, -0.2) is 29.0 Å². The monoisotopic (exact) mass is 348 g/mol. The molecule has 130 valence electrons. The maximum atomic E-state index is 13.0. The van der Waals surface area contributed by atoms with Crippen molar-refractivity contribution in [2.45, 2.75) is 18.0 Å². The standard InChI is InChI=1S/C17H15F3N4O/c18-17(19,20)12-3-1-2-11(4-12)16-5-13(16)8-24(9-16)15-22-6-10(7-23-15)14(21)25/h1-4,6-7,13H,5,8-9H2,(H2,21,25)/t13-,16+/m1/s1. The van der Waals surface area contributed by atoms with Gasteiger partial charge in [0.25, 0.3) is 5.91 Å². The molecule has 0 spiro atoms. The highest BCUT2D eigenvalue weighted by atomic mass is 19.4. The van der Waals surface area contributed by atoms with Gasteiger partial charge in [0.15, 0.2) is 0 Å². The first kappa shape index (κ1) is 15.9. The Bertz CT molecular complexity index is 837. The molecule has 0 radical (unpaired) electrons. The minimum Gasteiger partial charge on any atom is -0.366 e. The molecule has 2 aliphatic rings. The number of aromatic nitrogens is 2. The molecule has 2 fully saturated rings. The van der Waals surface area contributed by atoms with Crippen molar-refractivity contribution in [3.63, 3.8) is 0 Å². The molecule has 5 nitrogen and oxygen atoms in total. The van der Waals surface area contributed by atoms with Crippen LogP contribution in [0, 0.1) is 5.92 Å². The van der Waals surface area contributed by atoms with Crippen molar-refractivity contribution < 1.29 is 18.0 Å². The van der Waals surface area contributed by atoms with Crippen molar-refractivity contribution in [3.05, 3.63) is 53.3 Å². The second-order valence-electron chi connectivity index (χ2n) is 6.65. The van der Waals surface area contributed by atoms with E-state index in [1.54, 1.807) is 6.07 Å². The van der Waals surface area contributed by atoms with Crippen LogP contribution >= 0.6 is 0 Å². The predicted octanol–water partition coefficient (Wildman–Crippen LogP) is 2.37. The topological polar surface area (TPSA) is 72.1 Å². The van der Waals surface area contributed by atoms with Crippen LogP contribution < -0.4 is 10.6 Å². The van der Waals surface area contributed by atoms with E-state index in [0.717, 1.165) is 12.5 Å². The maximum absolute atomic E-state index is 13.0. The molecular weight excluding hydrogens is 333 g/mol. The summed E-state index contributed by atoms with van der Waals surface area (Å²) in [6.07, 6.45) is -0.746. The van der Waals surface area contributed by atoms with E-state index >= 15 is 0 Å². The molecule has 2 aromatic rings. The molecule has 8 heteroatoms. The molecule has 2 N–H and O–H groups in total. The molecule has 2 heterocycles. The number of nitrogens with zero attached hydrogens (tertiary/aromatic N) is 3. The van der Waals surface area contributed by atoms with Gasteiger partial charge in [-0.1, -0.05) is 18.2 Å². The fourth-order valence-corrected chi connectivity index (χ4v) is 3.70. The van der Waals surface area contributed by atoms with Crippen LogP contribution in [0.2, 0.25) is 0 Å². The van der Waals surface area contributed by atoms with Gasteiger partial charge in [0.05, 0.1) is 11.1 Å². The summed E-state index contributed by atoms with van der Waals surface area (Å²) in [6.45, 7) is 1.25. The number of rotatable bonds is 3. The van der Waals surface area contributed by atoms with Crippen molar-refractivity contribution in [1.29, 1.82) is 0 Å². The average Bonchev–Trinajstić information content (AvgIpc) is 3.16. The molecule has 1 aromatic heterocycles. The fraction of sp³-hybridized carbons (Fsp3) is 0.353. The Labute approximate surface area is 141 Å². The predicted molar refractivity (Wildman–Crippen MR) is 84.0 cm³/mol. The highest BCUT2D eigenvalue weighted by Gasteiger charge is 2.61. The van der Waals surface area contributed by atoms with Crippen molar-refractivity contribution in [2.24, 2.45) is 11.7 Å². The van der Waals surface area contributed by atoms with Crippen LogP contribution in [0.3, 0.4) is 0 Å². The molecule has 1 amide bonds. The minimum atomic E-state index is -4.34. The normalized spacial score (nSPS) is 24.9. The Hall–Kier alpha value is -2.64. The maximum Gasteiger partial charge on any atom is 0.416 e. The number of alkyl halides is 3. The summed E-state index contributed by atoms with van der Waals surface area (Å²) in [7, 11) is 0. The van der Waals surface area contributed by atoms with Gasteiger partial charge in [-0.2, -0.15) is 13.2 Å². The minimum absolute atomic E-state index is 0.223. The number of hydrogen-bond acceptors (Lipinski definition) is 4. The number of benzene rings is 1. The second kappa shape index (κ2) is 5.18. The van der Waals surface area contributed by atoms with Gasteiger partial charge < -0.3 is 10.6 Å². The molecule has 2 atom stereocenters. The zero-order chi connectivity index (χ0) is 17.8. The van der Waals surface area contributed by atoms with Gasteiger partial charge in [-0.15, -0.1) is 0 Å². The van der Waals surface area contributed by atoms with Crippen LogP contribution in [0.1, 0.15) is 27.9 Å². The van der Waals surface area contributed by atoms with Gasteiger partial charge in [0.2, 0.25) is 5.95 Å². The zero-order valence-corrected chi connectivity index (χ0v) is 13.1. The van der Waals surface area contributed by atoms with Gasteiger partial charge in [-0.05, 0) is 24.0 Å². The van der Waals surface area contributed by atoms with E-state index in [1.165, 1.54) is 24.5 Å². The van der Waals surface area contributed by atoms with E-state index in [9.17, 15) is 18.0 Å². The largest absolute Gasteiger partial charge is 0.416 e. The van der Waals surface area contributed by atoms with Gasteiger partial charge >= 0.3 is 6.18 Å². The molecule has 4 rings (SSSR count). The highest BCUT2D eigenvalue weighted by molar-refractivity contribution is 5.92. The van der Waals surface area contributed by atoms with Crippen LogP contribution in [-0.2, 0) is 11.6 Å². The molecule has 1 aromatic carbocycles. The molecule has 1 saturated carbocycles. The molecule has 0 unspecified atom stereocenters. The second-order valence-corrected chi connectivity index (χ2v) is 6.65. The quantitative estimate of drug-likeness (QED) is 0.924. The van der Waals surface area contributed by atoms with E-state index in [4.69, 9.17) is 5.73 Å². The molecule has 1 aliphatic heterocycles. The summed E-state index contributed by atoms with van der Waals surface area (Å²) in [4.78, 5) is 21.3. The van der Waals surface area contributed by atoms with E-state index < -0.39 is 17.6 Å². The first-order valence-corrected chi connectivity index (χ1v) is 7.84. The first-order valence-electron chi connectivity index (χ1n) is 7.84. The number of piperidine rings is 1. The first-order chi connectivity index (χ1) is 11.8. The number of hydrogen-bond donors (Lipinski definition) is 1. The number of nitrogens with two attached hydrogens (primary N) is 1. The third kappa shape index (κ3) is 2.61. The summed E-state index contributed by atoms with van der Waals surface area (Å²) >= 11 is 0. The van der Waals surface area contributed by atoms with Crippen molar-refractivity contribution in [2.75, 3.05) is 18.0 Å². The van der Waals surface area contributed by atoms with E-state index in [1.807, 2.05) is 4.90 Å². The zero-order valence-electron chi connectivity index (χ0n) is 13.1. The van der Waals surface area contributed by atoms with Crippen LogP contribution in [0.4, 0.5) is 19.1 Å². The Morgan fingerprint density at radius 2 is 2.00 bits per heavy atom. The smallest absolute Gasteiger partial charge is 0.366 e. The summed E-state index contributed by atoms with van der Waals surface area (Å²) in [6, 6.07) is 5.56. The third-order valence-corrected chi connectivity index (χ3v) is 5.12. The van der Waals surface area contributed by atoms with Crippen molar-refractivity contribution >= 4 is 11.9 Å². The lowest BCUT2D eigenvalue weighted by molar-refractivity contribution is -0.137.